The summed E-state index contributed by atoms with van der Waals surface area (Å²) in [7, 11) is -3.84. The number of rotatable bonds is 4. The van der Waals surface area contributed by atoms with Gasteiger partial charge >= 0.3 is 0 Å². The fourth-order valence-corrected chi connectivity index (χ4v) is 3.38. The van der Waals surface area contributed by atoms with E-state index in [0.29, 0.717) is 11.1 Å². The zero-order valence-corrected chi connectivity index (χ0v) is 13.5. The molecule has 2 aromatic carbocycles. The van der Waals surface area contributed by atoms with Gasteiger partial charge in [0.25, 0.3) is 16.0 Å². The van der Waals surface area contributed by atoms with Crippen LogP contribution in [0.15, 0.2) is 59.8 Å². The van der Waals surface area contributed by atoms with E-state index in [1.54, 1.807) is 6.92 Å². The molecule has 3 rings (SSSR count). The minimum absolute atomic E-state index is 0.0254. The Kier molecular flexibility index (Phi) is 4.02. The first-order chi connectivity index (χ1) is 11.5. The molecule has 120 valence electrons. The van der Waals surface area contributed by atoms with Gasteiger partial charge in [-0.3, -0.25) is 0 Å². The van der Waals surface area contributed by atoms with Gasteiger partial charge in [-0.25, -0.2) is 17.8 Å². The lowest BCUT2D eigenvalue weighted by molar-refractivity contribution is 0.600. The van der Waals surface area contributed by atoms with Crippen LogP contribution in [0.5, 0.6) is 0 Å². The van der Waals surface area contributed by atoms with E-state index in [1.807, 2.05) is 36.4 Å². The predicted octanol–water partition coefficient (Wildman–Crippen LogP) is 2.25. The second kappa shape index (κ2) is 6.14. The molecule has 24 heavy (non-hydrogen) atoms. The van der Waals surface area contributed by atoms with Crippen LogP contribution >= 0.6 is 0 Å². The van der Waals surface area contributed by atoms with Crippen molar-refractivity contribution >= 4 is 16.0 Å². The number of nitrogens with one attached hydrogen (secondary N) is 1. The largest absolute Gasteiger partial charge is 0.264 e. The Morgan fingerprint density at radius 1 is 1.17 bits per heavy atom. The molecule has 0 saturated carbocycles. The van der Waals surface area contributed by atoms with Gasteiger partial charge in [0.2, 0.25) is 0 Å². The Bertz CT molecular complexity index is 1020. The van der Waals surface area contributed by atoms with E-state index in [0.717, 1.165) is 5.69 Å². The van der Waals surface area contributed by atoms with Crippen molar-refractivity contribution in [1.82, 2.24) is 14.8 Å². The van der Waals surface area contributed by atoms with Crippen LogP contribution in [0.25, 0.3) is 5.69 Å². The maximum Gasteiger partial charge on any atom is 0.264 e. The van der Waals surface area contributed by atoms with Crippen LogP contribution in [-0.2, 0) is 10.0 Å². The second-order valence-corrected chi connectivity index (χ2v) is 6.70. The molecule has 3 aromatic rings. The van der Waals surface area contributed by atoms with Gasteiger partial charge in [-0.15, -0.1) is 5.10 Å². The molecule has 0 aliphatic heterocycles. The molecule has 0 aliphatic rings. The lowest BCUT2D eigenvalue weighted by Crippen LogP contribution is -2.15. The third-order valence-electron chi connectivity index (χ3n) is 3.33. The van der Waals surface area contributed by atoms with E-state index in [1.165, 1.54) is 29.2 Å². The fraction of sp³-hybridized carbons (Fsp3) is 0.0625. The molecule has 0 bridgehead atoms. The normalized spacial score (nSPS) is 11.0. The van der Waals surface area contributed by atoms with Gasteiger partial charge < -0.3 is 0 Å². The second-order valence-electron chi connectivity index (χ2n) is 5.05. The molecule has 0 amide bonds. The summed E-state index contributed by atoms with van der Waals surface area (Å²) in [6.45, 7) is 1.63. The van der Waals surface area contributed by atoms with Crippen LogP contribution in [0.3, 0.4) is 0 Å². The topological polar surface area (TPSA) is 101 Å². The average molecular weight is 339 g/mol. The van der Waals surface area contributed by atoms with Crippen molar-refractivity contribution in [2.24, 2.45) is 0 Å². The number of sulfonamides is 1. The maximum atomic E-state index is 12.5. The highest BCUT2D eigenvalue weighted by Gasteiger charge is 2.19. The van der Waals surface area contributed by atoms with Gasteiger partial charge in [0.05, 0.1) is 22.2 Å². The SMILES string of the molecule is Cc1cc(C#N)ccc1S(=O)(=O)Nc1ncn(-c2ccccc2)n1. The van der Waals surface area contributed by atoms with Crippen molar-refractivity contribution in [3.63, 3.8) is 0 Å². The Hall–Kier alpha value is -3.18. The molecule has 0 spiro atoms. The van der Waals surface area contributed by atoms with Crippen molar-refractivity contribution in [3.8, 4) is 11.8 Å². The summed E-state index contributed by atoms with van der Waals surface area (Å²) in [5.74, 6) is -0.0254. The Morgan fingerprint density at radius 2 is 1.92 bits per heavy atom. The molecule has 1 aromatic heterocycles. The van der Waals surface area contributed by atoms with Crippen molar-refractivity contribution in [1.29, 1.82) is 5.26 Å². The summed E-state index contributed by atoms with van der Waals surface area (Å²) in [4.78, 5) is 4.06. The third-order valence-corrected chi connectivity index (χ3v) is 4.82. The number of anilines is 1. The van der Waals surface area contributed by atoms with E-state index < -0.39 is 10.0 Å². The molecule has 0 saturated heterocycles. The van der Waals surface area contributed by atoms with Gasteiger partial charge in [0.1, 0.15) is 6.33 Å². The summed E-state index contributed by atoms with van der Waals surface area (Å²) in [6, 6.07) is 15.6. The number of aromatic nitrogens is 3. The first kappa shape index (κ1) is 15.7. The monoisotopic (exact) mass is 339 g/mol. The third kappa shape index (κ3) is 3.11. The van der Waals surface area contributed by atoms with Crippen LogP contribution in [0.2, 0.25) is 0 Å². The molecule has 0 atom stereocenters. The minimum Gasteiger partial charge on any atom is -0.246 e. The number of hydrogen-bond acceptors (Lipinski definition) is 5. The van der Waals surface area contributed by atoms with E-state index in [-0.39, 0.29) is 10.8 Å². The molecular formula is C16H13N5O2S. The smallest absolute Gasteiger partial charge is 0.246 e. The first-order valence-electron chi connectivity index (χ1n) is 7.00. The van der Waals surface area contributed by atoms with Crippen LogP contribution in [0.1, 0.15) is 11.1 Å². The van der Waals surface area contributed by atoms with Crippen LogP contribution < -0.4 is 4.72 Å². The highest BCUT2D eigenvalue weighted by atomic mass is 32.2. The van der Waals surface area contributed by atoms with E-state index in [9.17, 15) is 8.42 Å². The van der Waals surface area contributed by atoms with Gasteiger partial charge in [-0.2, -0.15) is 10.2 Å². The maximum absolute atomic E-state index is 12.5. The zero-order chi connectivity index (χ0) is 17.2. The van der Waals surface area contributed by atoms with Crippen molar-refractivity contribution in [3.05, 3.63) is 66.0 Å². The summed E-state index contributed by atoms with van der Waals surface area (Å²) in [5.41, 5.74) is 1.65. The lowest BCUT2D eigenvalue weighted by Gasteiger charge is -2.07. The Labute approximate surface area is 139 Å². The highest BCUT2D eigenvalue weighted by Crippen LogP contribution is 2.19. The van der Waals surface area contributed by atoms with Crippen molar-refractivity contribution in [2.45, 2.75) is 11.8 Å². The summed E-state index contributed by atoms with van der Waals surface area (Å²) < 4.78 is 28.8. The Morgan fingerprint density at radius 3 is 2.58 bits per heavy atom. The van der Waals surface area contributed by atoms with Crippen molar-refractivity contribution < 1.29 is 8.42 Å². The van der Waals surface area contributed by atoms with Gasteiger partial charge in [0, 0.05) is 0 Å². The molecule has 0 aliphatic carbocycles. The fourth-order valence-electron chi connectivity index (χ4n) is 2.21. The number of aryl methyl sites for hydroxylation is 1. The standard InChI is InChI=1S/C16H13N5O2S/c1-12-9-13(10-17)7-8-15(12)24(22,23)20-16-18-11-21(19-16)14-5-3-2-4-6-14/h2-9,11H,1H3,(H,19,20). The molecule has 1 N–H and O–H groups in total. The van der Waals surface area contributed by atoms with E-state index in [4.69, 9.17) is 5.26 Å². The summed E-state index contributed by atoms with van der Waals surface area (Å²) >= 11 is 0. The van der Waals surface area contributed by atoms with Crippen LogP contribution in [0, 0.1) is 18.3 Å². The number of para-hydroxylation sites is 1. The molecule has 8 heteroatoms. The summed E-state index contributed by atoms with van der Waals surface area (Å²) in [6.07, 6.45) is 1.43. The minimum atomic E-state index is -3.84. The van der Waals surface area contributed by atoms with E-state index in [2.05, 4.69) is 14.8 Å². The molecule has 7 nitrogen and oxygen atoms in total. The predicted molar refractivity (Wildman–Crippen MR) is 88.1 cm³/mol. The summed E-state index contributed by atoms with van der Waals surface area (Å²) in [5, 5.41) is 13.0. The highest BCUT2D eigenvalue weighted by molar-refractivity contribution is 7.92. The number of nitriles is 1. The van der Waals surface area contributed by atoms with Gasteiger partial charge in [-0.1, -0.05) is 18.2 Å². The molecule has 0 unspecified atom stereocenters. The number of nitrogens with zero attached hydrogens (tertiary/aromatic N) is 4. The molecule has 1 heterocycles. The van der Waals surface area contributed by atoms with Crippen molar-refractivity contribution in [2.75, 3.05) is 4.72 Å². The number of benzene rings is 2. The molecular weight excluding hydrogens is 326 g/mol. The Balaban J connectivity index is 1.88. The van der Waals surface area contributed by atoms with Crippen LogP contribution in [0.4, 0.5) is 5.95 Å². The van der Waals surface area contributed by atoms with Crippen LogP contribution in [-0.4, -0.2) is 23.2 Å². The molecule has 0 radical (unpaired) electrons. The quantitative estimate of drug-likeness (QED) is 0.785. The average Bonchev–Trinajstić information content (AvgIpc) is 3.03. The van der Waals surface area contributed by atoms with Gasteiger partial charge in [-0.05, 0) is 42.8 Å². The molecule has 0 fully saturated rings. The number of hydrogen-bond donors (Lipinski definition) is 1. The first-order valence-corrected chi connectivity index (χ1v) is 8.48. The zero-order valence-electron chi connectivity index (χ0n) is 12.7. The lowest BCUT2D eigenvalue weighted by atomic mass is 10.2. The van der Waals surface area contributed by atoms with E-state index >= 15 is 0 Å². The van der Waals surface area contributed by atoms with Gasteiger partial charge in [0.15, 0.2) is 0 Å².